The van der Waals surface area contributed by atoms with Gasteiger partial charge in [0.1, 0.15) is 0 Å². The summed E-state index contributed by atoms with van der Waals surface area (Å²) in [6, 6.07) is 10.2. The van der Waals surface area contributed by atoms with Crippen molar-refractivity contribution in [3.63, 3.8) is 0 Å². The lowest BCUT2D eigenvalue weighted by Gasteiger charge is -2.11. The number of nitrogens with two attached hydrogens (primary N) is 1. The van der Waals surface area contributed by atoms with Crippen LogP contribution < -0.4 is 5.73 Å². The fourth-order valence-electron chi connectivity index (χ4n) is 2.37. The van der Waals surface area contributed by atoms with E-state index in [1.54, 1.807) is 0 Å². The van der Waals surface area contributed by atoms with Crippen LogP contribution in [0.2, 0.25) is 0 Å². The van der Waals surface area contributed by atoms with Crippen LogP contribution in [0.25, 0.3) is 5.69 Å². The third kappa shape index (κ3) is 3.64. The molecule has 0 aliphatic heterocycles. The standard InChI is InChI=1S/C15H19BrN2O.ClH/c1-10-7-12(8-14(17)9-19)11(2)18(10)15-5-3-13(16)4-6-15;/h3-7,14,19H,8-9,17H2,1-2H3;1H. The predicted molar refractivity (Wildman–Crippen MR) is 89.0 cm³/mol. The van der Waals surface area contributed by atoms with Crippen molar-refractivity contribution in [1.82, 2.24) is 4.57 Å². The van der Waals surface area contributed by atoms with E-state index in [2.05, 4.69) is 52.5 Å². The number of aryl methyl sites for hydroxylation is 1. The van der Waals surface area contributed by atoms with E-state index < -0.39 is 0 Å². The Balaban J connectivity index is 0.00000200. The van der Waals surface area contributed by atoms with Crippen LogP contribution in [0.1, 0.15) is 17.0 Å². The van der Waals surface area contributed by atoms with E-state index in [1.807, 2.05) is 12.1 Å². The Kier molecular flexibility index (Phi) is 6.27. The third-order valence-corrected chi connectivity index (χ3v) is 3.87. The molecule has 0 aliphatic rings. The Bertz CT molecular complexity index is 566. The van der Waals surface area contributed by atoms with Crippen LogP contribution in [0.15, 0.2) is 34.8 Å². The van der Waals surface area contributed by atoms with Crippen molar-refractivity contribution in [2.45, 2.75) is 26.3 Å². The van der Waals surface area contributed by atoms with Crippen LogP contribution in [0.5, 0.6) is 0 Å². The number of rotatable bonds is 4. The molecule has 0 saturated carbocycles. The average Bonchev–Trinajstić information content (AvgIpc) is 2.66. The maximum absolute atomic E-state index is 9.07. The highest BCUT2D eigenvalue weighted by Crippen LogP contribution is 2.23. The molecule has 1 heterocycles. The summed E-state index contributed by atoms with van der Waals surface area (Å²) in [5.41, 5.74) is 10.5. The summed E-state index contributed by atoms with van der Waals surface area (Å²) in [7, 11) is 0. The largest absolute Gasteiger partial charge is 0.395 e. The highest BCUT2D eigenvalue weighted by atomic mass is 79.9. The summed E-state index contributed by atoms with van der Waals surface area (Å²) < 4.78 is 3.28. The molecular formula is C15H20BrClN2O. The van der Waals surface area contributed by atoms with Gasteiger partial charge in [0.2, 0.25) is 0 Å². The zero-order valence-corrected chi connectivity index (χ0v) is 14.0. The molecule has 0 aliphatic carbocycles. The molecule has 0 amide bonds. The first-order valence-corrected chi connectivity index (χ1v) is 7.12. The van der Waals surface area contributed by atoms with Gasteiger partial charge in [-0.05, 0) is 56.2 Å². The van der Waals surface area contributed by atoms with E-state index in [1.165, 1.54) is 17.0 Å². The summed E-state index contributed by atoms with van der Waals surface area (Å²) >= 11 is 3.45. The van der Waals surface area contributed by atoms with E-state index in [4.69, 9.17) is 10.8 Å². The van der Waals surface area contributed by atoms with Crippen molar-refractivity contribution in [2.75, 3.05) is 6.61 Å². The van der Waals surface area contributed by atoms with E-state index in [-0.39, 0.29) is 25.1 Å². The number of aliphatic hydroxyl groups excluding tert-OH is 1. The Morgan fingerprint density at radius 2 is 1.85 bits per heavy atom. The summed E-state index contributed by atoms with van der Waals surface area (Å²) in [6.45, 7) is 4.19. The molecule has 2 rings (SSSR count). The van der Waals surface area contributed by atoms with E-state index in [0.29, 0.717) is 6.42 Å². The Labute approximate surface area is 134 Å². The zero-order valence-electron chi connectivity index (χ0n) is 11.6. The first kappa shape index (κ1) is 17.2. The third-order valence-electron chi connectivity index (χ3n) is 3.34. The Hall–Kier alpha value is -0.810. The van der Waals surface area contributed by atoms with Crippen LogP contribution in [0, 0.1) is 13.8 Å². The molecule has 3 nitrogen and oxygen atoms in total. The van der Waals surface area contributed by atoms with Gasteiger partial charge in [0.15, 0.2) is 0 Å². The molecule has 110 valence electrons. The molecule has 2 aromatic rings. The average molecular weight is 360 g/mol. The summed E-state index contributed by atoms with van der Waals surface area (Å²) in [5.74, 6) is 0. The van der Waals surface area contributed by atoms with Gasteiger partial charge in [0.05, 0.1) is 6.61 Å². The zero-order chi connectivity index (χ0) is 14.0. The van der Waals surface area contributed by atoms with Crippen LogP contribution in [-0.4, -0.2) is 22.3 Å². The second-order valence-electron chi connectivity index (χ2n) is 4.85. The van der Waals surface area contributed by atoms with E-state index in [0.717, 1.165) is 10.2 Å². The molecule has 0 bridgehead atoms. The lowest BCUT2D eigenvalue weighted by atomic mass is 10.1. The van der Waals surface area contributed by atoms with Gasteiger partial charge in [0, 0.05) is 27.6 Å². The van der Waals surface area contributed by atoms with Crippen LogP contribution in [-0.2, 0) is 6.42 Å². The van der Waals surface area contributed by atoms with Crippen molar-refractivity contribution < 1.29 is 5.11 Å². The quantitative estimate of drug-likeness (QED) is 0.881. The number of nitrogens with zero attached hydrogens (tertiary/aromatic N) is 1. The summed E-state index contributed by atoms with van der Waals surface area (Å²) in [6.07, 6.45) is 0.701. The Morgan fingerprint density at radius 3 is 2.40 bits per heavy atom. The smallest absolute Gasteiger partial charge is 0.0585 e. The van der Waals surface area contributed by atoms with Gasteiger partial charge in [-0.3, -0.25) is 0 Å². The SMILES string of the molecule is Cc1cc(CC(N)CO)c(C)n1-c1ccc(Br)cc1.Cl. The predicted octanol–water partition coefficient (Wildman–Crippen LogP) is 3.14. The minimum Gasteiger partial charge on any atom is -0.395 e. The van der Waals surface area contributed by atoms with Crippen LogP contribution in [0.4, 0.5) is 0 Å². The highest BCUT2D eigenvalue weighted by molar-refractivity contribution is 9.10. The number of halogens is 2. The first-order chi connectivity index (χ1) is 9.02. The molecule has 0 radical (unpaired) electrons. The number of hydrogen-bond donors (Lipinski definition) is 2. The minimum atomic E-state index is -0.195. The molecule has 1 aromatic heterocycles. The van der Waals surface area contributed by atoms with Crippen LogP contribution in [0.3, 0.4) is 0 Å². The molecule has 1 aromatic carbocycles. The molecule has 3 N–H and O–H groups in total. The minimum absolute atomic E-state index is 0. The van der Waals surface area contributed by atoms with Crippen molar-refractivity contribution in [2.24, 2.45) is 5.73 Å². The monoisotopic (exact) mass is 358 g/mol. The topological polar surface area (TPSA) is 51.2 Å². The lowest BCUT2D eigenvalue weighted by Crippen LogP contribution is -2.27. The maximum atomic E-state index is 9.07. The van der Waals surface area contributed by atoms with Crippen molar-refractivity contribution >= 4 is 28.3 Å². The molecule has 0 fully saturated rings. The van der Waals surface area contributed by atoms with Gasteiger partial charge in [-0.15, -0.1) is 12.4 Å². The lowest BCUT2D eigenvalue weighted by molar-refractivity contribution is 0.265. The fourth-order valence-corrected chi connectivity index (χ4v) is 2.63. The second-order valence-corrected chi connectivity index (χ2v) is 5.77. The Morgan fingerprint density at radius 1 is 1.25 bits per heavy atom. The molecule has 20 heavy (non-hydrogen) atoms. The number of aromatic nitrogens is 1. The van der Waals surface area contributed by atoms with Crippen molar-refractivity contribution in [1.29, 1.82) is 0 Å². The fraction of sp³-hybridized carbons (Fsp3) is 0.333. The molecular weight excluding hydrogens is 340 g/mol. The summed E-state index contributed by atoms with van der Waals surface area (Å²) in [5, 5.41) is 9.07. The van der Waals surface area contributed by atoms with Crippen LogP contribution >= 0.6 is 28.3 Å². The van der Waals surface area contributed by atoms with E-state index in [9.17, 15) is 0 Å². The molecule has 1 atom stereocenters. The molecule has 1 unspecified atom stereocenters. The summed E-state index contributed by atoms with van der Waals surface area (Å²) in [4.78, 5) is 0. The van der Waals surface area contributed by atoms with Gasteiger partial charge in [-0.2, -0.15) is 0 Å². The van der Waals surface area contributed by atoms with Crippen molar-refractivity contribution in [3.8, 4) is 5.69 Å². The van der Waals surface area contributed by atoms with Gasteiger partial charge in [-0.25, -0.2) is 0 Å². The highest BCUT2D eigenvalue weighted by Gasteiger charge is 2.13. The molecule has 5 heteroatoms. The van der Waals surface area contributed by atoms with E-state index >= 15 is 0 Å². The number of aliphatic hydroxyl groups is 1. The second kappa shape index (κ2) is 7.27. The first-order valence-electron chi connectivity index (χ1n) is 6.33. The molecule has 0 saturated heterocycles. The van der Waals surface area contributed by atoms with Gasteiger partial charge in [-0.1, -0.05) is 15.9 Å². The number of benzene rings is 1. The normalized spacial score (nSPS) is 12.1. The maximum Gasteiger partial charge on any atom is 0.0585 e. The van der Waals surface area contributed by atoms with Crippen molar-refractivity contribution in [3.05, 3.63) is 51.8 Å². The number of hydrogen-bond acceptors (Lipinski definition) is 2. The van der Waals surface area contributed by atoms with Gasteiger partial charge < -0.3 is 15.4 Å². The van der Waals surface area contributed by atoms with Gasteiger partial charge >= 0.3 is 0 Å². The molecule has 0 spiro atoms. The van der Waals surface area contributed by atoms with Gasteiger partial charge in [0.25, 0.3) is 0 Å².